The van der Waals surface area contributed by atoms with Crippen LogP contribution >= 0.6 is 0 Å². The number of nitrogens with zero attached hydrogens (tertiary/aromatic N) is 3. The van der Waals surface area contributed by atoms with Crippen molar-refractivity contribution in [3.63, 3.8) is 0 Å². The van der Waals surface area contributed by atoms with Gasteiger partial charge < -0.3 is 14.4 Å². The maximum absolute atomic E-state index is 5.88. The number of fused-ring (bicyclic) bond motifs is 1. The van der Waals surface area contributed by atoms with E-state index >= 15 is 0 Å². The van der Waals surface area contributed by atoms with Crippen LogP contribution in [0.5, 0.6) is 11.5 Å². The molecule has 0 amide bonds. The Balaban J connectivity index is 1.67. The van der Waals surface area contributed by atoms with Crippen molar-refractivity contribution in [3.8, 4) is 11.5 Å². The summed E-state index contributed by atoms with van der Waals surface area (Å²) in [6.07, 6.45) is 1.88. The minimum absolute atomic E-state index is 0.431. The first-order valence-electron chi connectivity index (χ1n) is 7.45. The zero-order valence-corrected chi connectivity index (χ0v) is 13.2. The summed E-state index contributed by atoms with van der Waals surface area (Å²) in [5, 5.41) is 8.54. The van der Waals surface area contributed by atoms with Crippen molar-refractivity contribution in [3.05, 3.63) is 41.6 Å². The van der Waals surface area contributed by atoms with Gasteiger partial charge in [-0.25, -0.2) is 0 Å². The third-order valence-electron chi connectivity index (χ3n) is 3.92. The van der Waals surface area contributed by atoms with Gasteiger partial charge in [-0.2, -0.15) is 5.10 Å². The van der Waals surface area contributed by atoms with Gasteiger partial charge in [0.05, 0.1) is 19.4 Å². The number of ether oxygens (including phenoxy) is 2. The monoisotopic (exact) mass is 299 g/mol. The highest BCUT2D eigenvalue weighted by molar-refractivity contribution is 5.42. The Morgan fingerprint density at radius 1 is 1.23 bits per heavy atom. The van der Waals surface area contributed by atoms with Crippen LogP contribution in [0.3, 0.4) is 0 Å². The Morgan fingerprint density at radius 3 is 2.77 bits per heavy atom. The van der Waals surface area contributed by atoms with Crippen molar-refractivity contribution in [1.29, 1.82) is 0 Å². The third-order valence-corrected chi connectivity index (χ3v) is 3.92. The molecule has 116 valence electrons. The van der Waals surface area contributed by atoms with E-state index in [4.69, 9.17) is 9.47 Å². The van der Waals surface area contributed by atoms with Crippen molar-refractivity contribution < 1.29 is 9.47 Å². The quantitative estimate of drug-likeness (QED) is 0.867. The fourth-order valence-corrected chi connectivity index (χ4v) is 2.67. The van der Waals surface area contributed by atoms with Gasteiger partial charge in [-0.3, -0.25) is 0 Å². The van der Waals surface area contributed by atoms with Gasteiger partial charge in [0.15, 0.2) is 5.82 Å². The molecule has 1 atom stereocenters. The average Bonchev–Trinajstić information content (AvgIpc) is 2.55. The Labute approximate surface area is 130 Å². The van der Waals surface area contributed by atoms with Crippen molar-refractivity contribution in [1.82, 2.24) is 10.2 Å². The Hall–Kier alpha value is -2.30. The highest BCUT2D eigenvalue weighted by Gasteiger charge is 2.21. The fourth-order valence-electron chi connectivity index (χ4n) is 2.67. The van der Waals surface area contributed by atoms with Gasteiger partial charge in [-0.15, -0.1) is 5.10 Å². The first-order valence-corrected chi connectivity index (χ1v) is 7.45. The zero-order chi connectivity index (χ0) is 15.5. The highest BCUT2D eigenvalue weighted by atomic mass is 16.5. The van der Waals surface area contributed by atoms with Crippen molar-refractivity contribution in [2.45, 2.75) is 12.8 Å². The van der Waals surface area contributed by atoms with Crippen molar-refractivity contribution in [2.75, 3.05) is 32.7 Å². The molecule has 0 unspecified atom stereocenters. The second-order valence-electron chi connectivity index (χ2n) is 5.84. The molecule has 0 saturated heterocycles. The van der Waals surface area contributed by atoms with E-state index in [1.165, 1.54) is 5.56 Å². The molecule has 0 saturated carbocycles. The summed E-state index contributed by atoms with van der Waals surface area (Å²) in [6.45, 7) is 0.706. The van der Waals surface area contributed by atoms with E-state index in [9.17, 15) is 0 Å². The molecular weight excluding hydrogens is 278 g/mol. The van der Waals surface area contributed by atoms with Crippen LogP contribution in [0, 0.1) is 5.92 Å². The van der Waals surface area contributed by atoms with E-state index in [2.05, 4.69) is 16.3 Å². The fraction of sp³-hybridized carbons (Fsp3) is 0.412. The molecule has 3 rings (SSSR count). The number of hydrogen-bond acceptors (Lipinski definition) is 5. The molecule has 5 heteroatoms. The number of anilines is 1. The number of methoxy groups -OCH3 is 1. The average molecular weight is 299 g/mol. The molecule has 0 spiro atoms. The van der Waals surface area contributed by atoms with Gasteiger partial charge in [-0.05, 0) is 36.6 Å². The summed E-state index contributed by atoms with van der Waals surface area (Å²) in [6, 6.07) is 10.1. The van der Waals surface area contributed by atoms with Crippen LogP contribution in [0.4, 0.5) is 5.82 Å². The van der Waals surface area contributed by atoms with E-state index in [1.54, 1.807) is 7.11 Å². The number of hydrogen-bond donors (Lipinski definition) is 0. The molecule has 5 nitrogen and oxygen atoms in total. The van der Waals surface area contributed by atoms with Gasteiger partial charge in [0.25, 0.3) is 0 Å². The molecule has 0 radical (unpaired) electrons. The Bertz CT molecular complexity index is 641. The predicted octanol–water partition coefficient (Wildman–Crippen LogP) is 2.34. The van der Waals surface area contributed by atoms with Crippen LogP contribution in [-0.2, 0) is 12.8 Å². The van der Waals surface area contributed by atoms with Crippen molar-refractivity contribution >= 4 is 5.82 Å². The Morgan fingerprint density at radius 2 is 2.09 bits per heavy atom. The smallest absolute Gasteiger partial charge is 0.150 e. The minimum atomic E-state index is 0.431. The number of aromatic nitrogens is 2. The van der Waals surface area contributed by atoms with Gasteiger partial charge >= 0.3 is 0 Å². The van der Waals surface area contributed by atoms with Gasteiger partial charge in [0.2, 0.25) is 0 Å². The summed E-state index contributed by atoms with van der Waals surface area (Å²) in [4.78, 5) is 1.95. The van der Waals surface area contributed by atoms with Crippen LogP contribution in [0.1, 0.15) is 11.3 Å². The van der Waals surface area contributed by atoms with Crippen LogP contribution in [0.15, 0.2) is 30.3 Å². The lowest BCUT2D eigenvalue weighted by Crippen LogP contribution is -2.23. The molecule has 2 heterocycles. The second-order valence-corrected chi connectivity index (χ2v) is 5.84. The SMILES string of the molecule is COc1ccc2c(c1)OC[C@@H](Cc1ccc(N(C)C)nn1)C2. The maximum Gasteiger partial charge on any atom is 0.150 e. The molecule has 2 aromatic rings. The van der Waals surface area contributed by atoms with Gasteiger partial charge in [-0.1, -0.05) is 6.07 Å². The molecule has 0 N–H and O–H groups in total. The topological polar surface area (TPSA) is 47.5 Å². The molecule has 1 aliphatic heterocycles. The molecule has 1 aromatic heterocycles. The van der Waals surface area contributed by atoms with Crippen LogP contribution in [0.2, 0.25) is 0 Å². The van der Waals surface area contributed by atoms with Crippen LogP contribution < -0.4 is 14.4 Å². The Kier molecular flexibility index (Phi) is 4.13. The van der Waals surface area contributed by atoms with E-state index in [1.807, 2.05) is 43.3 Å². The minimum Gasteiger partial charge on any atom is -0.497 e. The first kappa shape index (κ1) is 14.6. The van der Waals surface area contributed by atoms with Crippen LogP contribution in [0.25, 0.3) is 0 Å². The summed E-state index contributed by atoms with van der Waals surface area (Å²) < 4.78 is 11.1. The largest absolute Gasteiger partial charge is 0.497 e. The summed E-state index contributed by atoms with van der Waals surface area (Å²) in [5.41, 5.74) is 2.24. The molecule has 1 aliphatic rings. The third kappa shape index (κ3) is 3.13. The van der Waals surface area contributed by atoms with E-state index < -0.39 is 0 Å². The molecule has 0 bridgehead atoms. The molecule has 1 aromatic carbocycles. The lowest BCUT2D eigenvalue weighted by Gasteiger charge is -2.25. The predicted molar refractivity (Wildman–Crippen MR) is 85.7 cm³/mol. The summed E-state index contributed by atoms with van der Waals surface area (Å²) >= 11 is 0. The molecule has 22 heavy (non-hydrogen) atoms. The van der Waals surface area contributed by atoms with Gasteiger partial charge in [0, 0.05) is 26.1 Å². The van der Waals surface area contributed by atoms with E-state index in [0.29, 0.717) is 12.5 Å². The summed E-state index contributed by atoms with van der Waals surface area (Å²) in [7, 11) is 5.59. The van der Waals surface area contributed by atoms with E-state index in [-0.39, 0.29) is 0 Å². The maximum atomic E-state index is 5.88. The molecular formula is C17H21N3O2. The lowest BCUT2D eigenvalue weighted by molar-refractivity contribution is 0.219. The standard InChI is InChI=1S/C17H21N3O2/c1-20(2)17-7-5-14(18-19-17)9-12-8-13-4-6-15(21-3)10-16(13)22-11-12/h4-7,10,12H,8-9,11H2,1-3H3/t12-/m1/s1. The second kappa shape index (κ2) is 6.22. The van der Waals surface area contributed by atoms with E-state index in [0.717, 1.165) is 35.9 Å². The zero-order valence-electron chi connectivity index (χ0n) is 13.2. The van der Waals surface area contributed by atoms with Crippen molar-refractivity contribution in [2.24, 2.45) is 5.92 Å². The first-order chi connectivity index (χ1) is 10.7. The highest BCUT2D eigenvalue weighted by Crippen LogP contribution is 2.31. The molecule has 0 aliphatic carbocycles. The van der Waals surface area contributed by atoms with Crippen LogP contribution in [-0.4, -0.2) is 38.0 Å². The number of benzene rings is 1. The lowest BCUT2D eigenvalue weighted by atomic mass is 9.92. The number of rotatable bonds is 4. The molecule has 0 fully saturated rings. The normalized spacial score (nSPS) is 16.6. The summed E-state index contributed by atoms with van der Waals surface area (Å²) in [5.74, 6) is 3.08. The van der Waals surface area contributed by atoms with Gasteiger partial charge in [0.1, 0.15) is 11.5 Å².